The van der Waals surface area contributed by atoms with Gasteiger partial charge >= 0.3 is 6.18 Å². The Kier molecular flexibility index (Phi) is 7.17. The standard InChI is InChI=1S/C12H25F3N2O/c1-6-16-10(11(2,3)18-5)9-17(4)8-7-12(13,14)15/h10,16H,6-9H2,1-5H3. The minimum Gasteiger partial charge on any atom is -0.377 e. The largest absolute Gasteiger partial charge is 0.390 e. The molecule has 0 amide bonds. The highest BCUT2D eigenvalue weighted by Gasteiger charge is 2.31. The molecule has 0 aliphatic heterocycles. The van der Waals surface area contributed by atoms with E-state index in [9.17, 15) is 13.2 Å². The van der Waals surface area contributed by atoms with Crippen LogP contribution in [0.2, 0.25) is 0 Å². The van der Waals surface area contributed by atoms with Gasteiger partial charge in [-0.3, -0.25) is 0 Å². The van der Waals surface area contributed by atoms with Crippen LogP contribution in [0, 0.1) is 0 Å². The zero-order valence-corrected chi connectivity index (χ0v) is 11.9. The first-order valence-electron chi connectivity index (χ1n) is 6.16. The number of hydrogen-bond acceptors (Lipinski definition) is 3. The number of nitrogens with zero attached hydrogens (tertiary/aromatic N) is 1. The molecule has 18 heavy (non-hydrogen) atoms. The number of hydrogen-bond donors (Lipinski definition) is 1. The second-order valence-electron chi connectivity index (χ2n) is 5.05. The molecule has 0 aliphatic rings. The molecule has 0 spiro atoms. The van der Waals surface area contributed by atoms with E-state index in [0.29, 0.717) is 6.54 Å². The van der Waals surface area contributed by atoms with Crippen molar-refractivity contribution in [3.63, 3.8) is 0 Å². The first-order valence-corrected chi connectivity index (χ1v) is 6.16. The molecular formula is C12H25F3N2O. The van der Waals surface area contributed by atoms with E-state index < -0.39 is 18.2 Å². The highest BCUT2D eigenvalue weighted by atomic mass is 19.4. The molecule has 1 unspecified atom stereocenters. The normalized spacial score (nSPS) is 15.2. The van der Waals surface area contributed by atoms with E-state index in [1.165, 1.54) is 0 Å². The van der Waals surface area contributed by atoms with Gasteiger partial charge in [-0.1, -0.05) is 6.92 Å². The van der Waals surface area contributed by atoms with Gasteiger partial charge in [0.15, 0.2) is 0 Å². The Hall–Kier alpha value is -0.330. The van der Waals surface area contributed by atoms with Gasteiger partial charge in [-0.2, -0.15) is 13.2 Å². The van der Waals surface area contributed by atoms with Crippen molar-refractivity contribution in [3.8, 4) is 0 Å². The van der Waals surface area contributed by atoms with Crippen molar-refractivity contribution < 1.29 is 17.9 Å². The molecule has 0 saturated carbocycles. The molecule has 110 valence electrons. The average Bonchev–Trinajstić information content (AvgIpc) is 2.25. The van der Waals surface area contributed by atoms with Crippen molar-refractivity contribution in [1.29, 1.82) is 0 Å². The smallest absolute Gasteiger partial charge is 0.377 e. The average molecular weight is 270 g/mol. The Balaban J connectivity index is 4.32. The van der Waals surface area contributed by atoms with Gasteiger partial charge in [0.2, 0.25) is 0 Å². The third kappa shape index (κ3) is 7.18. The van der Waals surface area contributed by atoms with Crippen molar-refractivity contribution in [2.75, 3.05) is 33.8 Å². The Bertz CT molecular complexity index is 232. The summed E-state index contributed by atoms with van der Waals surface area (Å²) < 4.78 is 41.8. The molecule has 0 saturated heterocycles. The van der Waals surface area contributed by atoms with Gasteiger partial charge < -0.3 is 15.0 Å². The summed E-state index contributed by atoms with van der Waals surface area (Å²) in [4.78, 5) is 1.68. The fourth-order valence-corrected chi connectivity index (χ4v) is 1.64. The lowest BCUT2D eigenvalue weighted by Crippen LogP contribution is -2.53. The number of alkyl halides is 3. The quantitative estimate of drug-likeness (QED) is 0.732. The Morgan fingerprint density at radius 1 is 1.28 bits per heavy atom. The van der Waals surface area contributed by atoms with Crippen LogP contribution in [0.3, 0.4) is 0 Å². The number of likely N-dealkylation sites (N-methyl/N-ethyl adjacent to an activating group) is 2. The van der Waals surface area contributed by atoms with Crippen LogP contribution in [0.1, 0.15) is 27.2 Å². The molecule has 0 aromatic heterocycles. The van der Waals surface area contributed by atoms with Crippen LogP contribution in [0.15, 0.2) is 0 Å². The van der Waals surface area contributed by atoms with Gasteiger partial charge in [-0.05, 0) is 27.4 Å². The predicted octanol–water partition coefficient (Wildman–Crippen LogP) is 2.27. The van der Waals surface area contributed by atoms with Crippen LogP contribution in [-0.2, 0) is 4.74 Å². The number of rotatable bonds is 8. The molecule has 0 fully saturated rings. The SMILES string of the molecule is CCNC(CN(C)CCC(F)(F)F)C(C)(C)OC. The molecule has 0 bridgehead atoms. The third-order valence-corrected chi connectivity index (χ3v) is 3.09. The molecule has 3 nitrogen and oxygen atoms in total. The molecular weight excluding hydrogens is 245 g/mol. The molecule has 0 aromatic carbocycles. The zero-order chi connectivity index (χ0) is 14.4. The topological polar surface area (TPSA) is 24.5 Å². The Morgan fingerprint density at radius 2 is 1.83 bits per heavy atom. The van der Waals surface area contributed by atoms with Crippen LogP contribution in [-0.4, -0.2) is 56.5 Å². The molecule has 0 aromatic rings. The van der Waals surface area contributed by atoms with E-state index in [0.717, 1.165) is 6.54 Å². The monoisotopic (exact) mass is 270 g/mol. The van der Waals surface area contributed by atoms with Gasteiger partial charge in [0.05, 0.1) is 12.0 Å². The Labute approximate surface area is 108 Å². The van der Waals surface area contributed by atoms with E-state index in [2.05, 4.69) is 5.32 Å². The van der Waals surface area contributed by atoms with Crippen LogP contribution < -0.4 is 5.32 Å². The second-order valence-corrected chi connectivity index (χ2v) is 5.05. The number of methoxy groups -OCH3 is 1. The first-order chi connectivity index (χ1) is 8.12. The van der Waals surface area contributed by atoms with E-state index in [-0.39, 0.29) is 12.6 Å². The Morgan fingerprint density at radius 3 is 2.22 bits per heavy atom. The maximum Gasteiger partial charge on any atom is 0.390 e. The first kappa shape index (κ1) is 17.7. The van der Waals surface area contributed by atoms with Crippen molar-refractivity contribution in [1.82, 2.24) is 10.2 Å². The van der Waals surface area contributed by atoms with Crippen molar-refractivity contribution >= 4 is 0 Å². The second kappa shape index (κ2) is 7.31. The van der Waals surface area contributed by atoms with Gasteiger partial charge in [0, 0.05) is 26.2 Å². The molecule has 0 heterocycles. The lowest BCUT2D eigenvalue weighted by molar-refractivity contribution is -0.137. The van der Waals surface area contributed by atoms with E-state index in [1.54, 1.807) is 19.1 Å². The van der Waals surface area contributed by atoms with Crippen molar-refractivity contribution in [2.24, 2.45) is 0 Å². The summed E-state index contributed by atoms with van der Waals surface area (Å²) in [6.45, 7) is 7.10. The maximum atomic E-state index is 12.1. The van der Waals surface area contributed by atoms with E-state index in [4.69, 9.17) is 4.74 Å². The number of nitrogens with one attached hydrogen (secondary N) is 1. The summed E-state index contributed by atoms with van der Waals surface area (Å²) in [5, 5.41) is 3.25. The van der Waals surface area contributed by atoms with E-state index >= 15 is 0 Å². The van der Waals surface area contributed by atoms with Gasteiger partial charge in [0.1, 0.15) is 0 Å². The van der Waals surface area contributed by atoms with E-state index in [1.807, 2.05) is 20.8 Å². The predicted molar refractivity (Wildman–Crippen MR) is 66.7 cm³/mol. The van der Waals surface area contributed by atoms with Crippen LogP contribution in [0.25, 0.3) is 0 Å². The van der Waals surface area contributed by atoms with Gasteiger partial charge in [0.25, 0.3) is 0 Å². The van der Waals surface area contributed by atoms with Crippen LogP contribution >= 0.6 is 0 Å². The summed E-state index contributed by atoms with van der Waals surface area (Å²) in [6, 6.07) is -0.00858. The molecule has 0 radical (unpaired) electrons. The molecule has 6 heteroatoms. The van der Waals surface area contributed by atoms with Crippen molar-refractivity contribution in [2.45, 2.75) is 45.0 Å². The van der Waals surface area contributed by atoms with Crippen molar-refractivity contribution in [3.05, 3.63) is 0 Å². The highest BCUT2D eigenvalue weighted by molar-refractivity contribution is 4.87. The highest BCUT2D eigenvalue weighted by Crippen LogP contribution is 2.20. The summed E-state index contributed by atoms with van der Waals surface area (Å²) in [6.07, 6.45) is -4.88. The van der Waals surface area contributed by atoms with Crippen LogP contribution in [0.4, 0.5) is 13.2 Å². The zero-order valence-electron chi connectivity index (χ0n) is 11.9. The summed E-state index contributed by atoms with van der Waals surface area (Å²) in [7, 11) is 3.31. The molecule has 0 aliphatic carbocycles. The number of ether oxygens (including phenoxy) is 1. The summed E-state index contributed by atoms with van der Waals surface area (Å²) in [5.74, 6) is 0. The summed E-state index contributed by atoms with van der Waals surface area (Å²) >= 11 is 0. The minimum absolute atomic E-state index is 0.00515. The van der Waals surface area contributed by atoms with Gasteiger partial charge in [-0.25, -0.2) is 0 Å². The fraction of sp³-hybridized carbons (Fsp3) is 1.00. The molecule has 1 N–H and O–H groups in total. The molecule has 1 atom stereocenters. The van der Waals surface area contributed by atoms with Crippen LogP contribution in [0.5, 0.6) is 0 Å². The van der Waals surface area contributed by atoms with Gasteiger partial charge in [-0.15, -0.1) is 0 Å². The minimum atomic E-state index is -4.10. The maximum absolute atomic E-state index is 12.1. The lowest BCUT2D eigenvalue weighted by atomic mass is 9.98. The number of halogens is 3. The summed E-state index contributed by atoms with van der Waals surface area (Å²) in [5.41, 5.74) is -0.414. The lowest BCUT2D eigenvalue weighted by Gasteiger charge is -2.36. The molecule has 0 rings (SSSR count). The third-order valence-electron chi connectivity index (χ3n) is 3.09. The fourth-order valence-electron chi connectivity index (χ4n) is 1.64.